The Morgan fingerprint density at radius 2 is 0.605 bits per heavy atom. The SMILES string of the molecule is N#Cc1c(-n2c3ccc(-n4c5ccccc5c5ccccc54)cc3c3c4oc5ccccc5c4ccc32)ccc(-n2c3ccc(-n4c5ccccc5c5ccccc54)cc3c3c4oc5ccccc5c4ccc32)c1C#N. The molecule has 0 bridgehead atoms. The van der Waals surface area contributed by atoms with Crippen LogP contribution in [0.15, 0.2) is 227 Å². The van der Waals surface area contributed by atoms with Crippen molar-refractivity contribution < 1.29 is 8.83 Å². The molecule has 350 valence electrons. The van der Waals surface area contributed by atoms with Crippen molar-refractivity contribution in [3.8, 4) is 34.9 Å². The standard InChI is InChI=1S/C68H36N6O2/c69-37-51-52(38-70)60(74-58-30-26-40(72-55-21-9-3-15-43(55)44-16-4-10-22-56(44)72)36-50(58)66-62(74)32-28-48-46-18-6-12-24-64(46)76-68(48)66)34-33-59(51)73-57-29-25-39(71-53-19-7-1-13-41(53)42-14-2-8-20-54(42)71)35-49(57)65-61(73)31-27-47-45-17-5-11-23-63(45)75-67(47)65/h1-36H. The topological polar surface area (TPSA) is 93.6 Å². The summed E-state index contributed by atoms with van der Waals surface area (Å²) in [6.45, 7) is 0. The van der Waals surface area contributed by atoms with Crippen molar-refractivity contribution in [1.29, 1.82) is 10.5 Å². The minimum Gasteiger partial charge on any atom is -0.455 e. The van der Waals surface area contributed by atoms with Gasteiger partial charge in [0.25, 0.3) is 0 Å². The fourth-order valence-electron chi connectivity index (χ4n) is 12.9. The highest BCUT2D eigenvalue weighted by Gasteiger charge is 2.27. The van der Waals surface area contributed by atoms with E-state index in [-0.39, 0.29) is 11.1 Å². The quantitative estimate of drug-likeness (QED) is 0.176. The molecule has 0 saturated carbocycles. The molecular weight excluding hydrogens is 933 g/mol. The first-order chi connectivity index (χ1) is 37.6. The average Bonchev–Trinajstić information content (AvgIpc) is 4.35. The van der Waals surface area contributed by atoms with Gasteiger partial charge in [0.05, 0.1) is 77.4 Å². The summed E-state index contributed by atoms with van der Waals surface area (Å²) >= 11 is 0. The molecule has 0 aliphatic carbocycles. The van der Waals surface area contributed by atoms with Crippen molar-refractivity contribution >= 4 is 131 Å². The number of benzene rings is 11. The zero-order valence-corrected chi connectivity index (χ0v) is 40.3. The van der Waals surface area contributed by atoms with Crippen LogP contribution in [0.1, 0.15) is 11.1 Å². The summed E-state index contributed by atoms with van der Waals surface area (Å²) in [5.74, 6) is 0. The van der Waals surface area contributed by atoms with E-state index in [4.69, 9.17) is 8.83 Å². The molecule has 0 N–H and O–H groups in total. The van der Waals surface area contributed by atoms with Gasteiger partial charge in [0.1, 0.15) is 34.5 Å². The van der Waals surface area contributed by atoms with Crippen LogP contribution in [0.4, 0.5) is 0 Å². The highest BCUT2D eigenvalue weighted by Crippen LogP contribution is 2.46. The molecule has 8 nitrogen and oxygen atoms in total. The van der Waals surface area contributed by atoms with Crippen LogP contribution >= 0.6 is 0 Å². The molecule has 0 saturated heterocycles. The van der Waals surface area contributed by atoms with Gasteiger partial charge in [-0.15, -0.1) is 0 Å². The van der Waals surface area contributed by atoms with Crippen LogP contribution in [-0.4, -0.2) is 18.3 Å². The highest BCUT2D eigenvalue weighted by molar-refractivity contribution is 6.26. The third-order valence-corrected chi connectivity index (χ3v) is 16.1. The molecule has 0 atom stereocenters. The van der Waals surface area contributed by atoms with Crippen LogP contribution in [-0.2, 0) is 0 Å². The average molecular weight is 969 g/mol. The van der Waals surface area contributed by atoms with Gasteiger partial charge in [-0.2, -0.15) is 10.5 Å². The lowest BCUT2D eigenvalue weighted by atomic mass is 10.0. The van der Waals surface area contributed by atoms with Crippen molar-refractivity contribution in [1.82, 2.24) is 18.3 Å². The van der Waals surface area contributed by atoms with Gasteiger partial charge in [-0.1, -0.05) is 109 Å². The lowest BCUT2D eigenvalue weighted by Crippen LogP contribution is -2.05. The lowest BCUT2D eigenvalue weighted by Gasteiger charge is -2.16. The van der Waals surface area contributed by atoms with E-state index in [1.807, 2.05) is 48.5 Å². The Hall–Kier alpha value is -10.8. The zero-order chi connectivity index (χ0) is 49.9. The number of rotatable bonds is 4. The molecule has 0 aliphatic heterocycles. The van der Waals surface area contributed by atoms with E-state index in [0.29, 0.717) is 11.4 Å². The molecule has 0 radical (unpaired) electrons. The minimum absolute atomic E-state index is 0.261. The second-order valence-electron chi connectivity index (χ2n) is 19.8. The maximum Gasteiger partial charge on any atom is 0.145 e. The van der Waals surface area contributed by atoms with Gasteiger partial charge in [0.15, 0.2) is 0 Å². The van der Waals surface area contributed by atoms with Crippen LogP contribution in [0.25, 0.3) is 154 Å². The molecule has 6 heterocycles. The monoisotopic (exact) mass is 968 g/mol. The summed E-state index contributed by atoms with van der Waals surface area (Å²) in [4.78, 5) is 0. The summed E-state index contributed by atoms with van der Waals surface area (Å²) < 4.78 is 22.6. The van der Waals surface area contributed by atoms with Gasteiger partial charge in [-0.25, -0.2) is 0 Å². The number of hydrogen-bond donors (Lipinski definition) is 0. The molecule has 17 aromatic rings. The molecule has 76 heavy (non-hydrogen) atoms. The van der Waals surface area contributed by atoms with Crippen LogP contribution in [0, 0.1) is 22.7 Å². The Kier molecular flexibility index (Phi) is 7.99. The van der Waals surface area contributed by atoms with Gasteiger partial charge in [-0.05, 0) is 109 Å². The number of hydrogen-bond acceptors (Lipinski definition) is 4. The third-order valence-electron chi connectivity index (χ3n) is 16.1. The number of aromatic nitrogens is 4. The molecule has 17 rings (SSSR count). The van der Waals surface area contributed by atoms with Crippen molar-refractivity contribution in [3.63, 3.8) is 0 Å². The maximum absolute atomic E-state index is 11.5. The first-order valence-electron chi connectivity index (χ1n) is 25.4. The summed E-state index contributed by atoms with van der Waals surface area (Å²) in [7, 11) is 0. The largest absolute Gasteiger partial charge is 0.455 e. The van der Waals surface area contributed by atoms with E-state index in [0.717, 1.165) is 121 Å². The first-order valence-corrected chi connectivity index (χ1v) is 25.4. The fourth-order valence-corrected chi connectivity index (χ4v) is 12.9. The van der Waals surface area contributed by atoms with Crippen molar-refractivity contribution in [3.05, 3.63) is 230 Å². The van der Waals surface area contributed by atoms with Crippen LogP contribution in [0.3, 0.4) is 0 Å². The molecule has 8 heteroatoms. The molecule has 6 aromatic heterocycles. The second kappa shape index (κ2) is 14.9. The fraction of sp³-hybridized carbons (Fsp3) is 0. The Bertz CT molecular complexity index is 5070. The summed E-state index contributed by atoms with van der Waals surface area (Å²) in [5.41, 5.74) is 14.7. The van der Waals surface area contributed by atoms with E-state index >= 15 is 0 Å². The number of furan rings is 2. The smallest absolute Gasteiger partial charge is 0.145 e. The minimum atomic E-state index is 0.261. The van der Waals surface area contributed by atoms with E-state index in [2.05, 4.69) is 200 Å². The Balaban J connectivity index is 0.941. The number of nitrogens with zero attached hydrogens (tertiary/aromatic N) is 6. The molecule has 0 amide bonds. The van der Waals surface area contributed by atoms with E-state index in [1.54, 1.807) is 0 Å². The summed E-state index contributed by atoms with van der Waals surface area (Å²) in [6.07, 6.45) is 0. The van der Waals surface area contributed by atoms with E-state index < -0.39 is 0 Å². The molecule has 0 fully saturated rings. The van der Waals surface area contributed by atoms with Crippen molar-refractivity contribution in [2.24, 2.45) is 0 Å². The van der Waals surface area contributed by atoms with Crippen molar-refractivity contribution in [2.45, 2.75) is 0 Å². The van der Waals surface area contributed by atoms with E-state index in [9.17, 15) is 10.5 Å². The predicted molar refractivity (Wildman–Crippen MR) is 308 cm³/mol. The van der Waals surface area contributed by atoms with E-state index in [1.165, 1.54) is 21.5 Å². The number of para-hydroxylation sites is 6. The predicted octanol–water partition coefficient (Wildman–Crippen LogP) is 17.6. The lowest BCUT2D eigenvalue weighted by molar-refractivity contribution is 0.672. The third kappa shape index (κ3) is 5.23. The van der Waals surface area contributed by atoms with Crippen LogP contribution in [0.5, 0.6) is 0 Å². The molecule has 0 spiro atoms. The first kappa shape index (κ1) is 40.8. The Morgan fingerprint density at radius 3 is 0.987 bits per heavy atom. The molecule has 11 aromatic carbocycles. The Morgan fingerprint density at radius 1 is 0.276 bits per heavy atom. The molecule has 0 aliphatic rings. The van der Waals surface area contributed by atoms with Crippen LogP contribution < -0.4 is 0 Å². The van der Waals surface area contributed by atoms with Gasteiger partial charge in [0.2, 0.25) is 0 Å². The van der Waals surface area contributed by atoms with Gasteiger partial charge < -0.3 is 27.1 Å². The van der Waals surface area contributed by atoms with Crippen LogP contribution in [0.2, 0.25) is 0 Å². The second-order valence-corrected chi connectivity index (χ2v) is 19.8. The molecule has 0 unspecified atom stereocenters. The summed E-state index contributed by atoms with van der Waals surface area (Å²) in [6, 6.07) is 81.1. The maximum atomic E-state index is 11.5. The Labute approximate surface area is 431 Å². The number of nitriles is 2. The van der Waals surface area contributed by atoms with Gasteiger partial charge in [-0.3, -0.25) is 0 Å². The van der Waals surface area contributed by atoms with Gasteiger partial charge in [0, 0.05) is 65.2 Å². The highest BCUT2D eigenvalue weighted by atomic mass is 16.3. The zero-order valence-electron chi connectivity index (χ0n) is 40.3. The number of fused-ring (bicyclic) bond motifs is 20. The summed E-state index contributed by atoms with van der Waals surface area (Å²) in [5, 5.41) is 35.6. The van der Waals surface area contributed by atoms with Gasteiger partial charge >= 0.3 is 0 Å². The van der Waals surface area contributed by atoms with Crippen molar-refractivity contribution in [2.75, 3.05) is 0 Å². The molecular formula is C68H36N6O2. The normalized spacial score (nSPS) is 12.2.